The molecule has 0 saturated carbocycles. The number of unbranched alkanes of at least 4 members (excludes halogenated alkanes) is 2. The predicted octanol–water partition coefficient (Wildman–Crippen LogP) is 4.94. The van der Waals surface area contributed by atoms with Gasteiger partial charge in [0.25, 0.3) is 10.2 Å². The molecule has 6 rings (SSSR count). The number of nitrogens with one attached hydrogen (secondary N) is 1. The van der Waals surface area contributed by atoms with E-state index in [4.69, 9.17) is 40.0 Å². The van der Waals surface area contributed by atoms with Crippen molar-refractivity contribution < 1.29 is 57.9 Å². The fraction of sp³-hybridized carbons (Fsp3) is 0.514. The fourth-order valence-corrected chi connectivity index (χ4v) is 7.14. The summed E-state index contributed by atoms with van der Waals surface area (Å²) in [6.07, 6.45) is -2.90. The lowest BCUT2D eigenvalue weighted by Crippen LogP contribution is -2.36. The summed E-state index contributed by atoms with van der Waals surface area (Å²) in [5.74, 6) is 0.215. The SMILES string of the molecule is CCCCc1nc(Cl)c(C(=O)OC(C)OC(=O)O[C@H]2COC3C2OC[C@H]3OCCCC[C@H](CO[N+](=O)[O-])O[N+](=O)[O-])n1Cc1ccc(-c2ccccc2-c2nn[nH]n2)cc1. The van der Waals surface area contributed by atoms with E-state index in [-0.39, 0.29) is 43.6 Å². The number of carbonyl (C=O) groups excluding carboxylic acids is 2. The Labute approximate surface area is 346 Å². The zero-order chi connectivity index (χ0) is 42.6. The molecule has 0 radical (unpaired) electrons. The molecule has 0 bridgehead atoms. The van der Waals surface area contributed by atoms with Crippen LogP contribution in [-0.4, -0.2) is 116 Å². The van der Waals surface area contributed by atoms with E-state index in [0.29, 0.717) is 30.9 Å². The van der Waals surface area contributed by atoms with Gasteiger partial charge in [-0.1, -0.05) is 73.5 Å². The minimum atomic E-state index is -1.37. The Morgan fingerprint density at radius 1 is 0.983 bits per heavy atom. The van der Waals surface area contributed by atoms with E-state index in [2.05, 4.69) is 35.3 Å². The lowest BCUT2D eigenvalue weighted by Gasteiger charge is -2.19. The molecule has 2 aliphatic rings. The third-order valence-electron chi connectivity index (χ3n) is 9.67. The highest BCUT2D eigenvalue weighted by molar-refractivity contribution is 6.32. The molecule has 322 valence electrons. The minimum Gasteiger partial charge on any atom is -0.426 e. The fourth-order valence-electron chi connectivity index (χ4n) is 6.87. The topological polar surface area (TPSA) is 267 Å². The van der Waals surface area contributed by atoms with E-state index in [1.807, 2.05) is 55.5 Å². The van der Waals surface area contributed by atoms with Gasteiger partial charge in [-0.2, -0.15) is 5.21 Å². The summed E-state index contributed by atoms with van der Waals surface area (Å²) in [4.78, 5) is 60.6. The zero-order valence-corrected chi connectivity index (χ0v) is 33.3. The standard InChI is InChI=1S/C37H43ClN8O14/c1-3-4-12-30-39-34(38)31(44(30)18-23-13-15-24(16-14-23)26-10-5-6-11-27(26)35-40-42-43-41-35)36(47)57-22(2)58-37(48)59-29-21-55-32-28(20-54-33(29)32)53-17-8-7-9-25(60-46(51)52)19-56-45(49)50/h5-6,10-11,13-16,22,25,28-29,32-33H,3-4,7-9,12,17-21H2,1-2H3,(H,40,41,42,43)/t22?,25-,28-,29+,32?,33?/m1/s1. The number of nitrogens with zero attached hydrogens (tertiary/aromatic N) is 7. The van der Waals surface area contributed by atoms with Gasteiger partial charge in [-0.25, -0.2) is 14.6 Å². The number of rotatable bonds is 22. The predicted molar refractivity (Wildman–Crippen MR) is 204 cm³/mol. The van der Waals surface area contributed by atoms with E-state index >= 15 is 0 Å². The van der Waals surface area contributed by atoms with Crippen molar-refractivity contribution in [1.29, 1.82) is 0 Å². The Morgan fingerprint density at radius 3 is 2.42 bits per heavy atom. The summed E-state index contributed by atoms with van der Waals surface area (Å²) < 4.78 is 35.5. The maximum atomic E-state index is 13.6. The number of carbonyl (C=O) groups is 2. The number of benzene rings is 2. The number of aryl methyl sites for hydroxylation is 1. The number of H-pyrrole nitrogens is 1. The first-order valence-electron chi connectivity index (χ1n) is 19.2. The lowest BCUT2D eigenvalue weighted by molar-refractivity contribution is -0.790. The van der Waals surface area contributed by atoms with Crippen molar-refractivity contribution in [3.8, 4) is 22.5 Å². The summed E-state index contributed by atoms with van der Waals surface area (Å²) in [5, 5.41) is 33.4. The van der Waals surface area contributed by atoms with Gasteiger partial charge in [0.05, 0.1) is 13.2 Å². The molecule has 0 aliphatic carbocycles. The number of aromatic nitrogens is 6. The number of esters is 1. The van der Waals surface area contributed by atoms with Crippen LogP contribution >= 0.6 is 11.6 Å². The molecule has 4 aromatic rings. The maximum Gasteiger partial charge on any atom is 0.511 e. The number of fused-ring (bicyclic) bond motifs is 1. The average Bonchev–Trinajstić information content (AvgIpc) is 4.03. The van der Waals surface area contributed by atoms with Crippen molar-refractivity contribution in [3.05, 3.63) is 91.0 Å². The van der Waals surface area contributed by atoms with Crippen LogP contribution < -0.4 is 0 Å². The second kappa shape index (κ2) is 20.8. The van der Waals surface area contributed by atoms with Gasteiger partial charge >= 0.3 is 12.1 Å². The number of halogens is 1. The Kier molecular flexibility index (Phi) is 15.1. The van der Waals surface area contributed by atoms with Gasteiger partial charge in [-0.05, 0) is 47.6 Å². The van der Waals surface area contributed by atoms with Crippen LogP contribution in [0.1, 0.15) is 67.8 Å². The number of hydrogen-bond donors (Lipinski definition) is 1. The first kappa shape index (κ1) is 43.6. The number of ether oxygens (including phenoxy) is 6. The maximum absolute atomic E-state index is 13.6. The van der Waals surface area contributed by atoms with Gasteiger partial charge in [-0.15, -0.1) is 30.4 Å². The lowest BCUT2D eigenvalue weighted by atomic mass is 9.98. The highest BCUT2D eigenvalue weighted by Crippen LogP contribution is 2.32. The van der Waals surface area contributed by atoms with Crippen LogP contribution in [0, 0.1) is 20.2 Å². The molecule has 23 heteroatoms. The van der Waals surface area contributed by atoms with Gasteiger partial charge in [0.15, 0.2) is 17.0 Å². The van der Waals surface area contributed by atoms with Crippen LogP contribution in [0.2, 0.25) is 5.15 Å². The van der Waals surface area contributed by atoms with Gasteiger partial charge < -0.3 is 42.7 Å². The van der Waals surface area contributed by atoms with Crippen LogP contribution in [0.3, 0.4) is 0 Å². The summed E-state index contributed by atoms with van der Waals surface area (Å²) in [7, 11) is 0. The van der Waals surface area contributed by atoms with Gasteiger partial charge in [0.2, 0.25) is 12.1 Å². The van der Waals surface area contributed by atoms with Crippen molar-refractivity contribution >= 4 is 23.7 Å². The molecule has 0 spiro atoms. The smallest absolute Gasteiger partial charge is 0.426 e. The molecule has 22 nitrogen and oxygen atoms in total. The molecule has 2 aliphatic heterocycles. The molecular formula is C37H43ClN8O14. The molecule has 2 saturated heterocycles. The third kappa shape index (κ3) is 11.4. The van der Waals surface area contributed by atoms with Crippen molar-refractivity contribution in [2.24, 2.45) is 0 Å². The molecule has 2 fully saturated rings. The summed E-state index contributed by atoms with van der Waals surface area (Å²) in [5.41, 5.74) is 3.52. The van der Waals surface area contributed by atoms with Crippen molar-refractivity contribution in [2.75, 3.05) is 26.4 Å². The van der Waals surface area contributed by atoms with Gasteiger partial charge in [0, 0.05) is 32.1 Å². The molecular weight excluding hydrogens is 816 g/mol. The van der Waals surface area contributed by atoms with E-state index in [1.165, 1.54) is 6.92 Å². The minimum absolute atomic E-state index is 0.00353. The normalized spacial score (nSPS) is 19.2. The van der Waals surface area contributed by atoms with Crippen LogP contribution in [0.25, 0.3) is 22.5 Å². The molecule has 0 amide bonds. The van der Waals surface area contributed by atoms with Crippen LogP contribution in [0.5, 0.6) is 0 Å². The molecule has 1 N–H and O–H groups in total. The largest absolute Gasteiger partial charge is 0.511 e. The monoisotopic (exact) mass is 858 g/mol. The molecule has 60 heavy (non-hydrogen) atoms. The molecule has 2 aromatic heterocycles. The molecule has 2 aromatic carbocycles. The number of tetrazole rings is 1. The average molecular weight is 859 g/mol. The van der Waals surface area contributed by atoms with Gasteiger partial charge in [-0.3, -0.25) is 0 Å². The van der Waals surface area contributed by atoms with E-state index in [0.717, 1.165) is 35.1 Å². The van der Waals surface area contributed by atoms with Crippen LogP contribution in [0.4, 0.5) is 4.79 Å². The van der Waals surface area contributed by atoms with Crippen molar-refractivity contribution in [1.82, 2.24) is 30.2 Å². The Hall–Kier alpha value is -5.97. The van der Waals surface area contributed by atoms with Crippen LogP contribution in [0.15, 0.2) is 48.5 Å². The summed E-state index contributed by atoms with van der Waals surface area (Å²) in [6.45, 7) is 3.46. The van der Waals surface area contributed by atoms with E-state index < -0.39 is 65.7 Å². The highest BCUT2D eigenvalue weighted by Gasteiger charge is 2.50. The quantitative estimate of drug-likeness (QED) is 0.0360. The second-order valence-electron chi connectivity index (χ2n) is 13.8. The molecule has 4 heterocycles. The first-order valence-corrected chi connectivity index (χ1v) is 19.6. The summed E-state index contributed by atoms with van der Waals surface area (Å²) >= 11 is 6.55. The van der Waals surface area contributed by atoms with E-state index in [9.17, 15) is 29.8 Å². The number of aromatic amines is 1. The molecule has 3 unspecified atom stereocenters. The zero-order valence-electron chi connectivity index (χ0n) is 32.6. The third-order valence-corrected chi connectivity index (χ3v) is 9.93. The Bertz CT molecular complexity index is 2070. The van der Waals surface area contributed by atoms with Crippen molar-refractivity contribution in [3.63, 3.8) is 0 Å². The Balaban J connectivity index is 0.997. The second-order valence-corrected chi connectivity index (χ2v) is 14.2. The first-order chi connectivity index (χ1) is 29.0. The highest BCUT2D eigenvalue weighted by atomic mass is 35.5. The number of imidazole rings is 1. The molecule has 6 atom stereocenters. The number of hydrogen-bond acceptors (Lipinski definition) is 18. The van der Waals surface area contributed by atoms with Gasteiger partial charge in [0.1, 0.15) is 36.8 Å². The van der Waals surface area contributed by atoms with Crippen LogP contribution in [-0.2, 0) is 51.1 Å². The van der Waals surface area contributed by atoms with E-state index in [1.54, 1.807) is 4.57 Å². The van der Waals surface area contributed by atoms with Crippen molar-refractivity contribution in [2.45, 2.75) is 95.7 Å². The Morgan fingerprint density at radius 2 is 1.72 bits per heavy atom. The summed E-state index contributed by atoms with van der Waals surface area (Å²) in [6, 6.07) is 15.5.